The van der Waals surface area contributed by atoms with Crippen molar-refractivity contribution in [3.63, 3.8) is 0 Å². The summed E-state index contributed by atoms with van der Waals surface area (Å²) in [5, 5.41) is 13.1. The molecule has 0 bridgehead atoms. The van der Waals surface area contributed by atoms with Crippen LogP contribution in [0.4, 0.5) is 5.69 Å². The molecule has 0 atom stereocenters. The zero-order chi connectivity index (χ0) is 18.8. The molecule has 0 saturated carbocycles. The highest BCUT2D eigenvalue weighted by Gasteiger charge is 2.21. The molecule has 0 amide bonds. The summed E-state index contributed by atoms with van der Waals surface area (Å²) in [6.07, 6.45) is 2.72. The van der Waals surface area contributed by atoms with Crippen molar-refractivity contribution < 1.29 is 9.66 Å². The number of fused-ring (bicyclic) bond motifs is 1. The maximum Gasteiger partial charge on any atom is 0.270 e. The SMILES string of the molecule is COc1ccc([N+](=O)[O-])cc1CN1CCc2nc(-c3cccs3)ncc2C1. The third-order valence-corrected chi connectivity index (χ3v) is 5.49. The molecule has 0 spiro atoms. The summed E-state index contributed by atoms with van der Waals surface area (Å²) in [5.41, 5.74) is 3.07. The van der Waals surface area contributed by atoms with Gasteiger partial charge in [0.1, 0.15) is 5.75 Å². The lowest BCUT2D eigenvalue weighted by Gasteiger charge is -2.28. The van der Waals surface area contributed by atoms with E-state index in [0.717, 1.165) is 40.5 Å². The topological polar surface area (TPSA) is 81.4 Å². The van der Waals surface area contributed by atoms with Crippen molar-refractivity contribution in [1.29, 1.82) is 0 Å². The number of thiophene rings is 1. The maximum absolute atomic E-state index is 11.1. The molecule has 7 nitrogen and oxygen atoms in total. The Balaban J connectivity index is 1.54. The van der Waals surface area contributed by atoms with Crippen molar-refractivity contribution in [2.75, 3.05) is 13.7 Å². The normalized spacial score (nSPS) is 14.0. The summed E-state index contributed by atoms with van der Waals surface area (Å²) in [7, 11) is 1.58. The van der Waals surface area contributed by atoms with E-state index in [4.69, 9.17) is 9.72 Å². The van der Waals surface area contributed by atoms with Crippen LogP contribution in [0.1, 0.15) is 16.8 Å². The zero-order valence-corrected chi connectivity index (χ0v) is 15.6. The number of benzene rings is 1. The average molecular weight is 382 g/mol. The lowest BCUT2D eigenvalue weighted by molar-refractivity contribution is -0.385. The van der Waals surface area contributed by atoms with Crippen LogP contribution in [0.5, 0.6) is 5.75 Å². The monoisotopic (exact) mass is 382 g/mol. The molecule has 1 aromatic carbocycles. The second-order valence-electron chi connectivity index (χ2n) is 6.36. The van der Waals surface area contributed by atoms with E-state index in [9.17, 15) is 10.1 Å². The van der Waals surface area contributed by atoms with E-state index in [-0.39, 0.29) is 10.6 Å². The Kier molecular flexibility index (Phi) is 4.83. The van der Waals surface area contributed by atoms with Gasteiger partial charge >= 0.3 is 0 Å². The molecule has 3 aromatic rings. The highest BCUT2D eigenvalue weighted by molar-refractivity contribution is 7.13. The van der Waals surface area contributed by atoms with Crippen LogP contribution in [0.3, 0.4) is 0 Å². The van der Waals surface area contributed by atoms with Crippen molar-refractivity contribution in [2.45, 2.75) is 19.5 Å². The van der Waals surface area contributed by atoms with Gasteiger partial charge in [-0.1, -0.05) is 6.07 Å². The lowest BCUT2D eigenvalue weighted by Crippen LogP contribution is -2.31. The Hall–Kier alpha value is -2.84. The fourth-order valence-electron chi connectivity index (χ4n) is 3.28. The summed E-state index contributed by atoms with van der Waals surface area (Å²) in [6.45, 7) is 2.13. The molecule has 8 heteroatoms. The van der Waals surface area contributed by atoms with Crippen LogP contribution in [0.25, 0.3) is 10.7 Å². The van der Waals surface area contributed by atoms with Crippen LogP contribution in [0, 0.1) is 10.1 Å². The second-order valence-corrected chi connectivity index (χ2v) is 7.30. The maximum atomic E-state index is 11.1. The molecule has 4 rings (SSSR count). The molecular weight excluding hydrogens is 364 g/mol. The van der Waals surface area contributed by atoms with Crippen molar-refractivity contribution in [2.24, 2.45) is 0 Å². The highest BCUT2D eigenvalue weighted by atomic mass is 32.1. The van der Waals surface area contributed by atoms with Gasteiger partial charge in [-0.25, -0.2) is 9.97 Å². The molecule has 1 aliphatic heterocycles. The number of aromatic nitrogens is 2. The predicted molar refractivity (Wildman–Crippen MR) is 103 cm³/mol. The second kappa shape index (κ2) is 7.42. The number of nitro groups is 1. The van der Waals surface area contributed by atoms with E-state index in [2.05, 4.69) is 9.88 Å². The predicted octanol–water partition coefficient (Wildman–Crippen LogP) is 3.68. The number of hydrogen-bond donors (Lipinski definition) is 0. The highest BCUT2D eigenvalue weighted by Crippen LogP contribution is 2.28. The molecule has 1 aliphatic rings. The van der Waals surface area contributed by atoms with E-state index >= 15 is 0 Å². The molecule has 0 unspecified atom stereocenters. The van der Waals surface area contributed by atoms with Gasteiger partial charge in [-0.2, -0.15) is 0 Å². The first kappa shape index (κ1) is 17.6. The van der Waals surface area contributed by atoms with E-state index in [1.165, 1.54) is 6.07 Å². The molecule has 138 valence electrons. The molecule has 3 heterocycles. The molecular formula is C19H18N4O3S. The minimum Gasteiger partial charge on any atom is -0.496 e. The van der Waals surface area contributed by atoms with Crippen molar-refractivity contribution in [3.05, 3.63) is 68.8 Å². The summed E-state index contributed by atoms with van der Waals surface area (Å²) in [4.78, 5) is 23.2. The third-order valence-electron chi connectivity index (χ3n) is 4.62. The average Bonchev–Trinajstić information content (AvgIpc) is 3.22. The standard InChI is InChI=1S/C19H18N4O3S/c1-26-17-5-4-15(23(24)25)9-13(17)11-22-7-6-16-14(12-22)10-20-19(21-16)18-3-2-8-27-18/h2-5,8-10H,6-7,11-12H2,1H3. The molecule has 0 radical (unpaired) electrons. The Bertz CT molecular complexity index is 975. The van der Waals surface area contributed by atoms with Gasteiger partial charge in [0.15, 0.2) is 5.82 Å². The van der Waals surface area contributed by atoms with Crippen LogP contribution in [0.2, 0.25) is 0 Å². The Morgan fingerprint density at radius 1 is 1.37 bits per heavy atom. The summed E-state index contributed by atoms with van der Waals surface area (Å²) in [6, 6.07) is 8.73. The zero-order valence-electron chi connectivity index (χ0n) is 14.8. The van der Waals surface area contributed by atoms with Crippen molar-refractivity contribution in [3.8, 4) is 16.5 Å². The van der Waals surface area contributed by atoms with Gasteiger partial charge in [-0.05, 0) is 17.5 Å². The number of rotatable bonds is 5. The molecule has 0 saturated heterocycles. The van der Waals surface area contributed by atoms with Crippen molar-refractivity contribution >= 4 is 17.0 Å². The molecule has 0 aliphatic carbocycles. The van der Waals surface area contributed by atoms with Crippen LogP contribution in [-0.4, -0.2) is 33.4 Å². The summed E-state index contributed by atoms with van der Waals surface area (Å²) in [5.74, 6) is 1.44. The van der Waals surface area contributed by atoms with Gasteiger partial charge < -0.3 is 4.74 Å². The fraction of sp³-hybridized carbons (Fsp3) is 0.263. The van der Waals surface area contributed by atoms with E-state index in [1.54, 1.807) is 30.6 Å². The fourth-order valence-corrected chi connectivity index (χ4v) is 3.94. The summed E-state index contributed by atoms with van der Waals surface area (Å²) >= 11 is 1.63. The molecule has 0 fully saturated rings. The molecule has 27 heavy (non-hydrogen) atoms. The summed E-state index contributed by atoms with van der Waals surface area (Å²) < 4.78 is 5.38. The number of methoxy groups -OCH3 is 1. The minimum atomic E-state index is -0.381. The van der Waals surface area contributed by atoms with E-state index in [1.807, 2.05) is 23.7 Å². The van der Waals surface area contributed by atoms with Crippen molar-refractivity contribution in [1.82, 2.24) is 14.9 Å². The van der Waals surface area contributed by atoms with Gasteiger partial charge in [0.05, 0.1) is 22.6 Å². The number of non-ortho nitro benzene ring substituents is 1. The van der Waals surface area contributed by atoms with Gasteiger partial charge in [0.25, 0.3) is 5.69 Å². The lowest BCUT2D eigenvalue weighted by atomic mass is 10.1. The Morgan fingerprint density at radius 2 is 2.26 bits per heavy atom. The Morgan fingerprint density at radius 3 is 3.00 bits per heavy atom. The number of ether oxygens (including phenoxy) is 1. The molecule has 0 N–H and O–H groups in total. The van der Waals surface area contributed by atoms with Gasteiger partial charge in [-0.15, -0.1) is 11.3 Å². The first-order valence-corrected chi connectivity index (χ1v) is 9.44. The van der Waals surface area contributed by atoms with Crippen LogP contribution in [-0.2, 0) is 19.5 Å². The first-order chi connectivity index (χ1) is 13.1. The molecule has 2 aromatic heterocycles. The smallest absolute Gasteiger partial charge is 0.270 e. The van der Waals surface area contributed by atoms with Gasteiger partial charge in [0.2, 0.25) is 0 Å². The first-order valence-electron chi connectivity index (χ1n) is 8.56. The van der Waals surface area contributed by atoms with Crippen LogP contribution in [0.15, 0.2) is 41.9 Å². The van der Waals surface area contributed by atoms with E-state index < -0.39 is 0 Å². The largest absolute Gasteiger partial charge is 0.496 e. The number of nitrogens with zero attached hydrogens (tertiary/aromatic N) is 4. The van der Waals surface area contributed by atoms with Crippen LogP contribution >= 0.6 is 11.3 Å². The third kappa shape index (κ3) is 3.67. The quantitative estimate of drug-likeness (QED) is 0.495. The van der Waals surface area contributed by atoms with Crippen LogP contribution < -0.4 is 4.74 Å². The van der Waals surface area contributed by atoms with E-state index in [0.29, 0.717) is 18.8 Å². The van der Waals surface area contributed by atoms with Gasteiger partial charge in [-0.3, -0.25) is 15.0 Å². The number of nitro benzene ring substituents is 1. The number of hydrogen-bond acceptors (Lipinski definition) is 7. The Labute approximate surface area is 160 Å². The van der Waals surface area contributed by atoms with Gasteiger partial charge in [0, 0.05) is 55.5 Å². The minimum absolute atomic E-state index is 0.0760.